The van der Waals surface area contributed by atoms with E-state index in [1.54, 1.807) is 18.7 Å². The number of rotatable bonds is 5. The van der Waals surface area contributed by atoms with Gasteiger partial charge in [0, 0.05) is 12.4 Å². The van der Waals surface area contributed by atoms with Crippen molar-refractivity contribution in [1.82, 2.24) is 20.1 Å². The SMILES string of the molecule is CC(NC(=O)c1nn(C)c2ccccc12)c1ccc(OCC(F)(F)F)cn1. The number of alkyl halides is 3. The molecule has 2 heterocycles. The van der Waals surface area contributed by atoms with Crippen molar-refractivity contribution >= 4 is 16.8 Å². The van der Waals surface area contributed by atoms with Gasteiger partial charge in [-0.25, -0.2) is 0 Å². The second kappa shape index (κ2) is 7.26. The van der Waals surface area contributed by atoms with Crippen molar-refractivity contribution in [3.8, 4) is 5.75 Å². The molecule has 1 N–H and O–H groups in total. The summed E-state index contributed by atoms with van der Waals surface area (Å²) < 4.78 is 42.7. The number of hydrogen-bond acceptors (Lipinski definition) is 4. The number of benzene rings is 1. The Balaban J connectivity index is 1.69. The molecule has 0 aliphatic heterocycles. The van der Waals surface area contributed by atoms with E-state index in [-0.39, 0.29) is 11.7 Å². The van der Waals surface area contributed by atoms with Gasteiger partial charge >= 0.3 is 6.18 Å². The van der Waals surface area contributed by atoms with Crippen molar-refractivity contribution in [3.63, 3.8) is 0 Å². The van der Waals surface area contributed by atoms with Crippen LogP contribution in [-0.2, 0) is 7.05 Å². The third-order valence-corrected chi connectivity index (χ3v) is 3.93. The summed E-state index contributed by atoms with van der Waals surface area (Å²) in [5.41, 5.74) is 1.62. The zero-order valence-electron chi connectivity index (χ0n) is 14.6. The summed E-state index contributed by atoms with van der Waals surface area (Å²) in [5, 5.41) is 7.78. The molecule has 1 aromatic carbocycles. The van der Waals surface area contributed by atoms with E-state index in [0.29, 0.717) is 11.4 Å². The Labute approximate surface area is 153 Å². The van der Waals surface area contributed by atoms with Crippen LogP contribution in [-0.4, -0.2) is 33.5 Å². The Kier molecular flexibility index (Phi) is 5.02. The molecule has 0 aliphatic carbocycles. The van der Waals surface area contributed by atoms with Crippen molar-refractivity contribution < 1.29 is 22.7 Å². The summed E-state index contributed by atoms with van der Waals surface area (Å²) in [6.45, 7) is 0.342. The number of aryl methyl sites for hydroxylation is 1. The van der Waals surface area contributed by atoms with Crippen molar-refractivity contribution in [1.29, 1.82) is 0 Å². The standard InChI is InChI=1S/C18H17F3N4O2/c1-11(14-8-7-12(9-22-14)27-10-18(19,20)21)23-17(26)16-13-5-3-4-6-15(13)25(2)24-16/h3-9,11H,10H2,1-2H3,(H,23,26). The quantitative estimate of drug-likeness (QED) is 0.739. The van der Waals surface area contributed by atoms with Gasteiger partial charge in [-0.1, -0.05) is 18.2 Å². The fourth-order valence-corrected chi connectivity index (χ4v) is 2.62. The predicted molar refractivity (Wildman–Crippen MR) is 92.4 cm³/mol. The maximum absolute atomic E-state index is 12.6. The van der Waals surface area contributed by atoms with Crippen LogP contribution in [0.25, 0.3) is 10.9 Å². The number of nitrogens with zero attached hydrogens (tertiary/aromatic N) is 3. The average Bonchev–Trinajstić information content (AvgIpc) is 2.97. The molecule has 0 fully saturated rings. The van der Waals surface area contributed by atoms with Crippen molar-refractivity contribution in [2.75, 3.05) is 6.61 Å². The monoisotopic (exact) mass is 378 g/mol. The molecule has 1 unspecified atom stereocenters. The lowest BCUT2D eigenvalue weighted by atomic mass is 10.1. The van der Waals surface area contributed by atoms with Crippen LogP contribution in [0.4, 0.5) is 13.2 Å². The normalized spacial score (nSPS) is 12.8. The second-order valence-electron chi connectivity index (χ2n) is 6.01. The lowest BCUT2D eigenvalue weighted by molar-refractivity contribution is -0.153. The highest BCUT2D eigenvalue weighted by atomic mass is 19.4. The molecular weight excluding hydrogens is 361 g/mol. The molecule has 0 spiro atoms. The molecule has 0 radical (unpaired) electrons. The first kappa shape index (κ1) is 18.7. The Morgan fingerprint density at radius 3 is 2.67 bits per heavy atom. The van der Waals surface area contributed by atoms with E-state index in [1.807, 2.05) is 24.3 Å². The predicted octanol–water partition coefficient (Wildman–Crippen LogP) is 3.40. The van der Waals surface area contributed by atoms with Crippen LogP contribution in [0.5, 0.6) is 5.75 Å². The molecule has 1 atom stereocenters. The van der Waals surface area contributed by atoms with Gasteiger partial charge in [0.15, 0.2) is 12.3 Å². The number of nitrogens with one attached hydrogen (secondary N) is 1. The van der Waals surface area contributed by atoms with Crippen LogP contribution in [0.15, 0.2) is 42.6 Å². The van der Waals surface area contributed by atoms with Crippen LogP contribution < -0.4 is 10.1 Å². The van der Waals surface area contributed by atoms with Gasteiger partial charge in [0.2, 0.25) is 0 Å². The van der Waals surface area contributed by atoms with E-state index < -0.39 is 18.8 Å². The first-order valence-electron chi connectivity index (χ1n) is 8.13. The van der Waals surface area contributed by atoms with Crippen LogP contribution in [0.1, 0.15) is 29.1 Å². The number of amides is 1. The number of fused-ring (bicyclic) bond motifs is 1. The molecule has 3 rings (SSSR count). The maximum atomic E-state index is 12.6. The highest BCUT2D eigenvalue weighted by Crippen LogP contribution is 2.21. The molecular formula is C18H17F3N4O2. The number of hydrogen-bond donors (Lipinski definition) is 1. The van der Waals surface area contributed by atoms with Crippen LogP contribution in [0, 0.1) is 0 Å². The van der Waals surface area contributed by atoms with Gasteiger partial charge in [-0.05, 0) is 25.1 Å². The Morgan fingerprint density at radius 2 is 2.00 bits per heavy atom. The molecule has 2 aromatic heterocycles. The summed E-state index contributed by atoms with van der Waals surface area (Å²) in [4.78, 5) is 16.6. The highest BCUT2D eigenvalue weighted by molar-refractivity contribution is 6.04. The minimum absolute atomic E-state index is 0.00493. The molecule has 6 nitrogen and oxygen atoms in total. The van der Waals surface area contributed by atoms with Crippen molar-refractivity contribution in [3.05, 3.63) is 54.0 Å². The first-order valence-corrected chi connectivity index (χ1v) is 8.13. The van der Waals surface area contributed by atoms with E-state index in [1.165, 1.54) is 18.3 Å². The largest absolute Gasteiger partial charge is 0.483 e. The number of para-hydroxylation sites is 1. The molecule has 1 amide bonds. The van der Waals surface area contributed by atoms with Crippen LogP contribution in [0.3, 0.4) is 0 Å². The zero-order chi connectivity index (χ0) is 19.6. The summed E-state index contributed by atoms with van der Waals surface area (Å²) in [6, 6.07) is 9.79. The summed E-state index contributed by atoms with van der Waals surface area (Å²) in [7, 11) is 1.75. The number of aromatic nitrogens is 3. The van der Waals surface area contributed by atoms with Gasteiger partial charge < -0.3 is 10.1 Å². The van der Waals surface area contributed by atoms with Crippen molar-refractivity contribution in [2.45, 2.75) is 19.1 Å². The summed E-state index contributed by atoms with van der Waals surface area (Å²) in [6.07, 6.45) is -3.22. The minimum atomic E-state index is -4.41. The Bertz CT molecular complexity index is 951. The fourth-order valence-electron chi connectivity index (χ4n) is 2.62. The summed E-state index contributed by atoms with van der Waals surface area (Å²) >= 11 is 0. The van der Waals surface area contributed by atoms with Gasteiger partial charge in [-0.3, -0.25) is 14.5 Å². The molecule has 9 heteroatoms. The maximum Gasteiger partial charge on any atom is 0.422 e. The van der Waals surface area contributed by atoms with E-state index in [4.69, 9.17) is 0 Å². The molecule has 0 saturated heterocycles. The molecule has 27 heavy (non-hydrogen) atoms. The number of carbonyl (C=O) groups is 1. The Morgan fingerprint density at radius 1 is 1.26 bits per heavy atom. The Hall–Kier alpha value is -3.10. The number of halogens is 3. The fraction of sp³-hybridized carbons (Fsp3) is 0.278. The lowest BCUT2D eigenvalue weighted by Gasteiger charge is -2.14. The average molecular weight is 378 g/mol. The van der Waals surface area contributed by atoms with Gasteiger partial charge in [-0.15, -0.1) is 0 Å². The van der Waals surface area contributed by atoms with E-state index in [0.717, 1.165) is 10.9 Å². The van der Waals surface area contributed by atoms with Gasteiger partial charge in [0.1, 0.15) is 5.75 Å². The van der Waals surface area contributed by atoms with Gasteiger partial charge in [-0.2, -0.15) is 18.3 Å². The van der Waals surface area contributed by atoms with Gasteiger partial charge in [0.05, 0.1) is 23.4 Å². The molecule has 142 valence electrons. The number of ether oxygens (including phenoxy) is 1. The van der Waals surface area contributed by atoms with Gasteiger partial charge in [0.25, 0.3) is 5.91 Å². The minimum Gasteiger partial charge on any atom is -0.483 e. The van der Waals surface area contributed by atoms with Crippen LogP contribution in [0.2, 0.25) is 0 Å². The topological polar surface area (TPSA) is 69.0 Å². The first-order chi connectivity index (χ1) is 12.7. The zero-order valence-corrected chi connectivity index (χ0v) is 14.6. The van der Waals surface area contributed by atoms with E-state index in [9.17, 15) is 18.0 Å². The van der Waals surface area contributed by atoms with Crippen LogP contribution >= 0.6 is 0 Å². The third kappa shape index (κ3) is 4.36. The molecule has 0 saturated carbocycles. The van der Waals surface area contributed by atoms with E-state index in [2.05, 4.69) is 20.1 Å². The number of carbonyl (C=O) groups excluding carboxylic acids is 1. The lowest BCUT2D eigenvalue weighted by Crippen LogP contribution is -2.27. The molecule has 0 aliphatic rings. The molecule has 0 bridgehead atoms. The highest BCUT2D eigenvalue weighted by Gasteiger charge is 2.28. The smallest absolute Gasteiger partial charge is 0.422 e. The summed E-state index contributed by atoms with van der Waals surface area (Å²) in [5.74, 6) is -0.358. The third-order valence-electron chi connectivity index (χ3n) is 3.93. The second-order valence-corrected chi connectivity index (χ2v) is 6.01. The van der Waals surface area contributed by atoms with Crippen molar-refractivity contribution in [2.24, 2.45) is 7.05 Å². The molecule has 3 aromatic rings. The van der Waals surface area contributed by atoms with E-state index >= 15 is 0 Å². The number of pyridine rings is 1.